The number of carbonyl (C=O) groups excluding carboxylic acids is 1. The Hall–Kier alpha value is -2.66. The number of rotatable bonds is 5. The summed E-state index contributed by atoms with van der Waals surface area (Å²) in [5, 5.41) is 3.40. The van der Waals surface area contributed by atoms with Crippen molar-refractivity contribution in [2.24, 2.45) is 0 Å². The molecule has 2 unspecified atom stereocenters. The average molecular weight is 497 g/mol. The standard InChI is InChI=1S/C23H27F3N4O3S/c1-22(2)17-7-5-4-6-15(17)12-19(22)28-16-8-9-18(27-13-16)21(23(24,25)26)30-11-10-29(14-20(30)31)34(3,32)33/h4-9,13,19,21,28H,10-12,14H2,1-3H3. The molecule has 1 N–H and O–H groups in total. The van der Waals surface area contributed by atoms with Gasteiger partial charge in [0.1, 0.15) is 0 Å². The third-order valence-corrected chi connectivity index (χ3v) is 7.98. The molecule has 1 aromatic heterocycles. The number of amides is 1. The summed E-state index contributed by atoms with van der Waals surface area (Å²) in [4.78, 5) is 17.2. The number of benzene rings is 1. The summed E-state index contributed by atoms with van der Waals surface area (Å²) in [6, 6.07) is 8.75. The van der Waals surface area contributed by atoms with Crippen LogP contribution in [0.3, 0.4) is 0 Å². The molecule has 1 fully saturated rings. The molecule has 2 atom stereocenters. The molecule has 1 amide bonds. The molecule has 0 bridgehead atoms. The van der Waals surface area contributed by atoms with Crippen LogP contribution in [0, 0.1) is 0 Å². The quantitative estimate of drug-likeness (QED) is 0.688. The number of sulfonamides is 1. The van der Waals surface area contributed by atoms with Gasteiger partial charge in [-0.05, 0) is 29.7 Å². The van der Waals surface area contributed by atoms with Crippen molar-refractivity contribution in [3.05, 3.63) is 59.4 Å². The molecule has 2 heterocycles. The maximum Gasteiger partial charge on any atom is 0.414 e. The smallest absolute Gasteiger partial charge is 0.380 e. The van der Waals surface area contributed by atoms with Crippen molar-refractivity contribution in [2.75, 3.05) is 31.2 Å². The van der Waals surface area contributed by atoms with E-state index in [9.17, 15) is 26.4 Å². The van der Waals surface area contributed by atoms with Crippen molar-refractivity contribution in [1.82, 2.24) is 14.2 Å². The molecule has 1 aromatic carbocycles. The third kappa shape index (κ3) is 4.63. The normalized spacial score (nSPS) is 21.9. The Morgan fingerprint density at radius 1 is 1.15 bits per heavy atom. The Bertz CT molecular complexity index is 1180. The lowest BCUT2D eigenvalue weighted by molar-refractivity contribution is -0.195. The highest BCUT2D eigenvalue weighted by Crippen LogP contribution is 2.41. The monoisotopic (exact) mass is 496 g/mol. The fourth-order valence-corrected chi connectivity index (χ4v) is 5.56. The molecule has 7 nitrogen and oxygen atoms in total. The van der Waals surface area contributed by atoms with E-state index >= 15 is 0 Å². The molecule has 34 heavy (non-hydrogen) atoms. The number of halogens is 3. The first kappa shape index (κ1) is 24.5. The fraction of sp³-hybridized carbons (Fsp3) is 0.478. The molecule has 2 aromatic rings. The summed E-state index contributed by atoms with van der Waals surface area (Å²) in [7, 11) is -3.67. The lowest BCUT2D eigenvalue weighted by atomic mass is 9.83. The Morgan fingerprint density at radius 3 is 2.41 bits per heavy atom. The predicted molar refractivity (Wildman–Crippen MR) is 122 cm³/mol. The van der Waals surface area contributed by atoms with Crippen LogP contribution in [0.15, 0.2) is 42.6 Å². The Morgan fingerprint density at radius 2 is 1.85 bits per heavy atom. The molecule has 0 saturated carbocycles. The number of carbonyl (C=O) groups is 1. The van der Waals surface area contributed by atoms with Gasteiger partial charge in [-0.15, -0.1) is 0 Å². The van der Waals surface area contributed by atoms with E-state index in [1.165, 1.54) is 29.5 Å². The molecular weight excluding hydrogens is 469 g/mol. The lowest BCUT2D eigenvalue weighted by Gasteiger charge is -2.38. The molecule has 1 aliphatic heterocycles. The molecule has 4 rings (SSSR count). The van der Waals surface area contributed by atoms with Crippen molar-refractivity contribution in [1.29, 1.82) is 0 Å². The third-order valence-electron chi connectivity index (χ3n) is 6.73. The topological polar surface area (TPSA) is 82.6 Å². The van der Waals surface area contributed by atoms with Gasteiger partial charge in [-0.3, -0.25) is 9.78 Å². The predicted octanol–water partition coefficient (Wildman–Crippen LogP) is 3.10. The van der Waals surface area contributed by atoms with Crippen molar-refractivity contribution >= 4 is 21.6 Å². The van der Waals surface area contributed by atoms with E-state index in [2.05, 4.69) is 36.3 Å². The molecule has 0 spiro atoms. The van der Waals surface area contributed by atoms with Crippen LogP contribution in [0.5, 0.6) is 0 Å². The van der Waals surface area contributed by atoms with Gasteiger partial charge < -0.3 is 10.2 Å². The maximum absolute atomic E-state index is 14.0. The zero-order chi connectivity index (χ0) is 24.9. The van der Waals surface area contributed by atoms with Gasteiger partial charge in [-0.2, -0.15) is 17.5 Å². The van der Waals surface area contributed by atoms with Crippen molar-refractivity contribution in [3.63, 3.8) is 0 Å². The largest absolute Gasteiger partial charge is 0.414 e. The summed E-state index contributed by atoms with van der Waals surface area (Å²) >= 11 is 0. The number of anilines is 1. The highest BCUT2D eigenvalue weighted by atomic mass is 32.2. The maximum atomic E-state index is 14.0. The second kappa shape index (κ2) is 8.53. The van der Waals surface area contributed by atoms with Gasteiger partial charge in [0.15, 0.2) is 6.04 Å². The van der Waals surface area contributed by atoms with Gasteiger partial charge in [0, 0.05) is 24.5 Å². The second-order valence-electron chi connectivity index (χ2n) is 9.38. The van der Waals surface area contributed by atoms with Crippen LogP contribution in [-0.2, 0) is 26.7 Å². The minimum absolute atomic E-state index is 0.0432. The number of alkyl halides is 3. The minimum Gasteiger partial charge on any atom is -0.380 e. The molecule has 0 radical (unpaired) electrons. The number of fused-ring (bicyclic) bond motifs is 1. The van der Waals surface area contributed by atoms with Crippen molar-refractivity contribution in [3.8, 4) is 0 Å². The van der Waals surface area contributed by atoms with E-state index in [1.54, 1.807) is 0 Å². The van der Waals surface area contributed by atoms with Gasteiger partial charge in [0.2, 0.25) is 15.9 Å². The van der Waals surface area contributed by atoms with Crippen LogP contribution in [0.25, 0.3) is 0 Å². The molecule has 11 heteroatoms. The van der Waals surface area contributed by atoms with E-state index in [0.29, 0.717) is 10.6 Å². The summed E-state index contributed by atoms with van der Waals surface area (Å²) in [5.74, 6) is -0.909. The van der Waals surface area contributed by atoms with E-state index < -0.39 is 34.7 Å². The van der Waals surface area contributed by atoms with E-state index in [4.69, 9.17) is 0 Å². The first-order valence-corrected chi connectivity index (χ1v) is 12.8. The van der Waals surface area contributed by atoms with Crippen LogP contribution >= 0.6 is 0 Å². The molecular formula is C23H27F3N4O3S. The number of hydrogen-bond donors (Lipinski definition) is 1. The Labute approximate surface area is 197 Å². The molecule has 184 valence electrons. The fourth-order valence-electron chi connectivity index (χ4n) is 4.80. The second-order valence-corrected chi connectivity index (χ2v) is 11.4. The lowest BCUT2D eigenvalue weighted by Crippen LogP contribution is -2.55. The first-order chi connectivity index (χ1) is 15.8. The van der Waals surface area contributed by atoms with Crippen molar-refractivity contribution in [2.45, 2.75) is 43.9 Å². The zero-order valence-corrected chi connectivity index (χ0v) is 19.9. The van der Waals surface area contributed by atoms with Gasteiger partial charge in [-0.25, -0.2) is 8.42 Å². The Balaban J connectivity index is 1.53. The number of hydrogen-bond acceptors (Lipinski definition) is 5. The summed E-state index contributed by atoms with van der Waals surface area (Å²) in [5.41, 5.74) is 2.58. The average Bonchev–Trinajstić information content (AvgIpc) is 2.99. The van der Waals surface area contributed by atoms with Crippen LogP contribution in [0.4, 0.5) is 18.9 Å². The minimum atomic E-state index is -4.76. The van der Waals surface area contributed by atoms with E-state index in [1.807, 2.05) is 12.1 Å². The molecule has 1 aliphatic carbocycles. The zero-order valence-electron chi connectivity index (χ0n) is 19.1. The van der Waals surface area contributed by atoms with Gasteiger partial charge >= 0.3 is 6.18 Å². The van der Waals surface area contributed by atoms with Crippen LogP contribution in [0.2, 0.25) is 0 Å². The number of nitrogens with one attached hydrogen (secondary N) is 1. The SMILES string of the molecule is CC1(C)c2ccccc2CC1Nc1ccc(C(N2CCN(S(C)(=O)=O)CC2=O)C(F)(F)F)nc1. The van der Waals surface area contributed by atoms with E-state index in [0.717, 1.165) is 17.0 Å². The van der Waals surface area contributed by atoms with Gasteiger partial charge in [0.05, 0.1) is 30.4 Å². The highest BCUT2D eigenvalue weighted by molar-refractivity contribution is 7.88. The first-order valence-electron chi connectivity index (χ1n) is 10.9. The van der Waals surface area contributed by atoms with Gasteiger partial charge in [0.25, 0.3) is 0 Å². The molecule has 1 saturated heterocycles. The number of aromatic nitrogens is 1. The van der Waals surface area contributed by atoms with Crippen molar-refractivity contribution < 1.29 is 26.4 Å². The number of pyridine rings is 1. The number of piperazine rings is 1. The summed E-state index contributed by atoms with van der Waals surface area (Å²) < 4.78 is 66.2. The molecule has 2 aliphatic rings. The Kier molecular flexibility index (Phi) is 6.14. The summed E-state index contributed by atoms with van der Waals surface area (Å²) in [6.45, 7) is 3.06. The summed E-state index contributed by atoms with van der Waals surface area (Å²) in [6.07, 6.45) is -1.70. The van der Waals surface area contributed by atoms with Crippen LogP contribution in [0.1, 0.15) is 36.7 Å². The van der Waals surface area contributed by atoms with E-state index in [-0.39, 0.29) is 30.2 Å². The number of nitrogens with zero attached hydrogens (tertiary/aromatic N) is 3. The highest BCUT2D eigenvalue weighted by Gasteiger charge is 2.49. The van der Waals surface area contributed by atoms with Crippen LogP contribution < -0.4 is 5.32 Å². The van der Waals surface area contributed by atoms with Gasteiger partial charge in [-0.1, -0.05) is 38.1 Å². The van der Waals surface area contributed by atoms with Crippen LogP contribution in [-0.4, -0.2) is 66.6 Å².